The van der Waals surface area contributed by atoms with Gasteiger partial charge in [0.05, 0.1) is 25.1 Å². The SMILES string of the molecule is CCc1nc2ccc(I)cc2c(=O)n1N1C(=O)/C(=C\c2ccc(OC)c(OC)c2)N=C1C. The van der Waals surface area contributed by atoms with Gasteiger partial charge in [-0.05, 0) is 71.5 Å². The fourth-order valence-electron chi connectivity index (χ4n) is 3.58. The number of rotatable bonds is 5. The van der Waals surface area contributed by atoms with Crippen LogP contribution < -0.4 is 20.0 Å². The van der Waals surface area contributed by atoms with Crippen LogP contribution >= 0.6 is 22.6 Å². The van der Waals surface area contributed by atoms with Gasteiger partial charge < -0.3 is 9.47 Å². The molecule has 0 N–H and O–H groups in total. The van der Waals surface area contributed by atoms with Crippen LogP contribution in [-0.2, 0) is 11.2 Å². The Kier molecular flexibility index (Phi) is 6.00. The summed E-state index contributed by atoms with van der Waals surface area (Å²) in [5.74, 6) is 1.61. The van der Waals surface area contributed by atoms with E-state index < -0.39 is 5.91 Å². The number of hydrogen-bond donors (Lipinski definition) is 0. The van der Waals surface area contributed by atoms with Crippen LogP contribution in [0.2, 0.25) is 0 Å². The first-order valence-electron chi connectivity index (χ1n) is 9.92. The second kappa shape index (κ2) is 8.73. The molecule has 1 amide bonds. The minimum Gasteiger partial charge on any atom is -0.493 e. The molecule has 1 aromatic heterocycles. The van der Waals surface area contributed by atoms with Crippen molar-refractivity contribution in [2.45, 2.75) is 20.3 Å². The maximum absolute atomic E-state index is 13.4. The van der Waals surface area contributed by atoms with E-state index in [0.717, 1.165) is 9.13 Å². The highest BCUT2D eigenvalue weighted by Crippen LogP contribution is 2.29. The molecule has 0 atom stereocenters. The van der Waals surface area contributed by atoms with Crippen molar-refractivity contribution < 1.29 is 14.3 Å². The Morgan fingerprint density at radius 1 is 1.06 bits per heavy atom. The Morgan fingerprint density at radius 3 is 2.50 bits per heavy atom. The minimum atomic E-state index is -0.402. The zero-order valence-corrected chi connectivity index (χ0v) is 20.2. The quantitative estimate of drug-likeness (QED) is 0.363. The molecular formula is C23H21IN4O4. The van der Waals surface area contributed by atoms with E-state index in [-0.39, 0.29) is 11.3 Å². The summed E-state index contributed by atoms with van der Waals surface area (Å²) in [4.78, 5) is 35.7. The lowest BCUT2D eigenvalue weighted by Gasteiger charge is -2.21. The van der Waals surface area contributed by atoms with Crippen LogP contribution in [-0.4, -0.2) is 35.6 Å². The molecule has 0 unspecified atom stereocenters. The van der Waals surface area contributed by atoms with Gasteiger partial charge in [0.25, 0.3) is 11.5 Å². The van der Waals surface area contributed by atoms with E-state index in [0.29, 0.717) is 40.5 Å². The maximum atomic E-state index is 13.4. The molecule has 9 heteroatoms. The molecule has 3 aromatic rings. The number of aryl methyl sites for hydroxylation is 1. The first-order valence-corrected chi connectivity index (χ1v) is 11.0. The summed E-state index contributed by atoms with van der Waals surface area (Å²) in [7, 11) is 3.11. The molecule has 0 saturated carbocycles. The Labute approximate surface area is 198 Å². The average Bonchev–Trinajstić information content (AvgIpc) is 3.06. The first-order chi connectivity index (χ1) is 15.4. The molecule has 0 aliphatic carbocycles. The van der Waals surface area contributed by atoms with Gasteiger partial charge in [-0.1, -0.05) is 13.0 Å². The number of carbonyl (C=O) groups excluding carboxylic acids is 1. The summed E-state index contributed by atoms with van der Waals surface area (Å²) in [6.07, 6.45) is 2.13. The average molecular weight is 544 g/mol. The summed E-state index contributed by atoms with van der Waals surface area (Å²) < 4.78 is 12.8. The number of aromatic nitrogens is 2. The highest BCUT2D eigenvalue weighted by molar-refractivity contribution is 14.1. The normalized spacial score (nSPS) is 14.9. The van der Waals surface area contributed by atoms with Crippen LogP contribution in [0.4, 0.5) is 0 Å². The third kappa shape index (κ3) is 3.77. The number of nitrogens with zero attached hydrogens (tertiary/aromatic N) is 4. The first kappa shape index (κ1) is 22.0. The largest absolute Gasteiger partial charge is 0.493 e. The van der Waals surface area contributed by atoms with Gasteiger partial charge in [-0.3, -0.25) is 9.59 Å². The van der Waals surface area contributed by atoms with Gasteiger partial charge in [0.1, 0.15) is 17.4 Å². The van der Waals surface area contributed by atoms with Crippen LogP contribution in [0, 0.1) is 3.57 Å². The lowest BCUT2D eigenvalue weighted by Crippen LogP contribution is -2.48. The number of amides is 1. The van der Waals surface area contributed by atoms with Crippen LogP contribution in [0.15, 0.2) is 51.9 Å². The summed E-state index contributed by atoms with van der Waals surface area (Å²) in [6.45, 7) is 3.59. The van der Waals surface area contributed by atoms with Gasteiger partial charge in [0, 0.05) is 9.99 Å². The van der Waals surface area contributed by atoms with Crippen molar-refractivity contribution in [2.75, 3.05) is 19.2 Å². The number of methoxy groups -OCH3 is 2. The zero-order chi connectivity index (χ0) is 23.0. The van der Waals surface area contributed by atoms with Crippen molar-refractivity contribution in [1.82, 2.24) is 9.66 Å². The predicted molar refractivity (Wildman–Crippen MR) is 132 cm³/mol. The van der Waals surface area contributed by atoms with Gasteiger partial charge in [-0.2, -0.15) is 9.69 Å². The molecule has 8 nitrogen and oxygen atoms in total. The van der Waals surface area contributed by atoms with Crippen LogP contribution in [0.1, 0.15) is 25.2 Å². The summed E-state index contributed by atoms with van der Waals surface area (Å²) in [5, 5.41) is 1.74. The second-order valence-electron chi connectivity index (χ2n) is 7.08. The van der Waals surface area contributed by atoms with Gasteiger partial charge in [0.2, 0.25) is 0 Å². The smallest absolute Gasteiger partial charge is 0.297 e. The molecule has 32 heavy (non-hydrogen) atoms. The van der Waals surface area contributed by atoms with Crippen molar-refractivity contribution in [3.05, 3.63) is 67.4 Å². The van der Waals surface area contributed by atoms with E-state index in [1.807, 2.05) is 19.1 Å². The fourth-order valence-corrected chi connectivity index (χ4v) is 4.08. The Balaban J connectivity index is 1.81. The third-order valence-corrected chi connectivity index (χ3v) is 5.77. The highest BCUT2D eigenvalue weighted by atomic mass is 127. The molecule has 1 aliphatic heterocycles. The van der Waals surface area contributed by atoms with Gasteiger partial charge in [-0.25, -0.2) is 9.98 Å². The topological polar surface area (TPSA) is 86.0 Å². The van der Waals surface area contributed by atoms with E-state index in [1.54, 1.807) is 51.5 Å². The zero-order valence-electron chi connectivity index (χ0n) is 18.0. The van der Waals surface area contributed by atoms with E-state index in [2.05, 4.69) is 32.6 Å². The van der Waals surface area contributed by atoms with Gasteiger partial charge in [0.15, 0.2) is 11.5 Å². The molecule has 164 valence electrons. The van der Waals surface area contributed by atoms with E-state index >= 15 is 0 Å². The fraction of sp³-hybridized carbons (Fsp3) is 0.217. The molecule has 0 spiro atoms. The number of hydrogen-bond acceptors (Lipinski definition) is 6. The summed E-state index contributed by atoms with van der Waals surface area (Å²) in [5.41, 5.74) is 1.23. The van der Waals surface area contributed by atoms with E-state index in [9.17, 15) is 9.59 Å². The molecule has 4 rings (SSSR count). The number of amidine groups is 1. The number of aliphatic imine (C=N–C) groups is 1. The van der Waals surface area contributed by atoms with Crippen molar-refractivity contribution in [3.8, 4) is 11.5 Å². The van der Waals surface area contributed by atoms with Crippen molar-refractivity contribution >= 4 is 51.3 Å². The minimum absolute atomic E-state index is 0.214. The second-order valence-corrected chi connectivity index (χ2v) is 8.33. The molecule has 1 aliphatic rings. The summed E-state index contributed by atoms with van der Waals surface area (Å²) >= 11 is 2.15. The van der Waals surface area contributed by atoms with E-state index in [4.69, 9.17) is 9.47 Å². The Bertz CT molecular complexity index is 1360. The third-order valence-electron chi connectivity index (χ3n) is 5.10. The number of halogens is 1. The van der Waals surface area contributed by atoms with Gasteiger partial charge in [-0.15, -0.1) is 0 Å². The van der Waals surface area contributed by atoms with Crippen LogP contribution in [0.3, 0.4) is 0 Å². The summed E-state index contributed by atoms with van der Waals surface area (Å²) in [6, 6.07) is 10.8. The molecule has 0 fully saturated rings. The molecule has 0 bridgehead atoms. The molecule has 0 radical (unpaired) electrons. The van der Waals surface area contributed by atoms with Crippen molar-refractivity contribution in [1.29, 1.82) is 0 Å². The highest BCUT2D eigenvalue weighted by Gasteiger charge is 2.32. The predicted octanol–water partition coefficient (Wildman–Crippen LogP) is 3.52. The molecule has 2 aromatic carbocycles. The van der Waals surface area contributed by atoms with Gasteiger partial charge >= 0.3 is 0 Å². The van der Waals surface area contributed by atoms with Crippen molar-refractivity contribution in [3.63, 3.8) is 0 Å². The van der Waals surface area contributed by atoms with Crippen LogP contribution in [0.25, 0.3) is 17.0 Å². The molecule has 2 heterocycles. The monoisotopic (exact) mass is 544 g/mol. The molecular weight excluding hydrogens is 523 g/mol. The number of benzene rings is 2. The number of carbonyl (C=O) groups is 1. The number of ether oxygens (including phenoxy) is 2. The van der Waals surface area contributed by atoms with Crippen LogP contribution in [0.5, 0.6) is 11.5 Å². The van der Waals surface area contributed by atoms with Crippen molar-refractivity contribution in [2.24, 2.45) is 4.99 Å². The lowest BCUT2D eigenvalue weighted by molar-refractivity contribution is -0.115. The Hall–Kier alpha value is -3.21. The van der Waals surface area contributed by atoms with E-state index in [1.165, 1.54) is 9.69 Å². The maximum Gasteiger partial charge on any atom is 0.297 e. The Morgan fingerprint density at radius 2 is 1.81 bits per heavy atom. The molecule has 0 saturated heterocycles. The lowest BCUT2D eigenvalue weighted by atomic mass is 10.1. The number of fused-ring (bicyclic) bond motifs is 1. The standard InChI is InChI=1S/C23H21IN4O4/c1-5-21-26-17-8-7-15(24)12-16(17)22(29)28(21)27-13(2)25-18(23(27)30)10-14-6-9-19(31-3)20(11-14)32-4/h6-12H,5H2,1-4H3/b18-10+.